The molecule has 0 spiro atoms. The molecule has 0 fully saturated rings. The van der Waals surface area contributed by atoms with Gasteiger partial charge in [-0.3, -0.25) is 19.7 Å². The first-order chi connectivity index (χ1) is 10.9. The van der Waals surface area contributed by atoms with Gasteiger partial charge in [0.2, 0.25) is 5.91 Å². The molecule has 0 atom stereocenters. The van der Waals surface area contributed by atoms with Gasteiger partial charge in [0, 0.05) is 36.0 Å². The minimum Gasteiger partial charge on any atom is -0.326 e. The molecule has 0 radical (unpaired) electrons. The quantitative estimate of drug-likeness (QED) is 0.668. The van der Waals surface area contributed by atoms with E-state index in [-0.39, 0.29) is 17.5 Å². The second-order valence-corrected chi connectivity index (χ2v) is 4.92. The molecule has 7 heteroatoms. The third kappa shape index (κ3) is 3.91. The highest BCUT2D eigenvalue weighted by Gasteiger charge is 2.12. The lowest BCUT2D eigenvalue weighted by Crippen LogP contribution is -2.14. The number of rotatable bonds is 4. The van der Waals surface area contributed by atoms with Gasteiger partial charge in [-0.1, -0.05) is 6.07 Å². The fraction of sp³-hybridized carbons (Fsp3) is 0.125. The third-order valence-corrected chi connectivity index (χ3v) is 3.23. The van der Waals surface area contributed by atoms with Gasteiger partial charge in [0.1, 0.15) is 0 Å². The van der Waals surface area contributed by atoms with Crippen LogP contribution in [0.2, 0.25) is 0 Å². The van der Waals surface area contributed by atoms with Gasteiger partial charge < -0.3 is 10.6 Å². The molecule has 0 aliphatic carbocycles. The van der Waals surface area contributed by atoms with Crippen molar-refractivity contribution in [3.05, 3.63) is 63.7 Å². The number of carbonyl (C=O) groups is 2. The monoisotopic (exact) mass is 313 g/mol. The smallest absolute Gasteiger partial charge is 0.269 e. The molecule has 0 heterocycles. The number of nitro groups is 1. The predicted octanol–water partition coefficient (Wildman–Crippen LogP) is 3.11. The van der Waals surface area contributed by atoms with Crippen molar-refractivity contribution in [2.75, 3.05) is 10.6 Å². The molecule has 2 N–H and O–H groups in total. The molecule has 2 aromatic rings. The largest absolute Gasteiger partial charge is 0.326 e. The van der Waals surface area contributed by atoms with Crippen LogP contribution >= 0.6 is 0 Å². The van der Waals surface area contributed by atoms with Gasteiger partial charge in [0.25, 0.3) is 11.6 Å². The van der Waals surface area contributed by atoms with Crippen LogP contribution in [0, 0.1) is 17.0 Å². The number of anilines is 2. The number of benzene rings is 2. The summed E-state index contributed by atoms with van der Waals surface area (Å²) in [5, 5.41) is 16.0. The van der Waals surface area contributed by atoms with Gasteiger partial charge in [-0.15, -0.1) is 0 Å². The van der Waals surface area contributed by atoms with Crippen molar-refractivity contribution in [1.29, 1.82) is 0 Å². The zero-order chi connectivity index (χ0) is 17.0. The zero-order valence-corrected chi connectivity index (χ0v) is 12.6. The summed E-state index contributed by atoms with van der Waals surface area (Å²) in [6.07, 6.45) is 0. The molecule has 2 amide bonds. The fourth-order valence-corrected chi connectivity index (χ4v) is 2.03. The van der Waals surface area contributed by atoms with E-state index in [2.05, 4.69) is 10.6 Å². The van der Waals surface area contributed by atoms with Crippen LogP contribution in [0.1, 0.15) is 22.8 Å². The number of nitrogens with zero attached hydrogens (tertiary/aromatic N) is 1. The van der Waals surface area contributed by atoms with Crippen LogP contribution in [-0.2, 0) is 4.79 Å². The van der Waals surface area contributed by atoms with Crippen LogP contribution in [0.25, 0.3) is 0 Å². The molecule has 0 aliphatic rings. The molecule has 2 aromatic carbocycles. The van der Waals surface area contributed by atoms with E-state index < -0.39 is 4.92 Å². The summed E-state index contributed by atoms with van der Waals surface area (Å²) in [5.41, 5.74) is 2.11. The molecular weight excluding hydrogens is 298 g/mol. The molecular formula is C16H15N3O4. The van der Waals surface area contributed by atoms with Crippen molar-refractivity contribution in [1.82, 2.24) is 0 Å². The van der Waals surface area contributed by atoms with Crippen LogP contribution < -0.4 is 10.6 Å². The van der Waals surface area contributed by atoms with Crippen molar-refractivity contribution < 1.29 is 14.5 Å². The number of hydrogen-bond acceptors (Lipinski definition) is 4. The van der Waals surface area contributed by atoms with Crippen molar-refractivity contribution in [2.45, 2.75) is 13.8 Å². The normalized spacial score (nSPS) is 10.0. The maximum Gasteiger partial charge on any atom is 0.269 e. The second-order valence-electron chi connectivity index (χ2n) is 4.92. The minimum absolute atomic E-state index is 0.0783. The summed E-state index contributed by atoms with van der Waals surface area (Å²) in [6, 6.07) is 10.5. The number of nitrogens with one attached hydrogen (secondary N) is 2. The minimum atomic E-state index is -0.525. The van der Waals surface area contributed by atoms with Crippen molar-refractivity contribution in [3.63, 3.8) is 0 Å². The van der Waals surface area contributed by atoms with E-state index >= 15 is 0 Å². The Morgan fingerprint density at radius 3 is 2.09 bits per heavy atom. The summed E-state index contributed by atoms with van der Waals surface area (Å²) in [7, 11) is 0. The average molecular weight is 313 g/mol. The first-order valence-corrected chi connectivity index (χ1v) is 6.81. The Balaban J connectivity index is 2.20. The lowest BCUT2D eigenvalue weighted by Gasteiger charge is -2.12. The van der Waals surface area contributed by atoms with Crippen molar-refractivity contribution in [2.24, 2.45) is 0 Å². The van der Waals surface area contributed by atoms with E-state index in [0.29, 0.717) is 16.9 Å². The molecule has 118 valence electrons. The molecule has 0 aromatic heterocycles. The molecule has 0 bridgehead atoms. The summed E-state index contributed by atoms with van der Waals surface area (Å²) < 4.78 is 0. The Labute approximate surface area is 132 Å². The highest BCUT2D eigenvalue weighted by Crippen LogP contribution is 2.24. The van der Waals surface area contributed by atoms with E-state index in [0.717, 1.165) is 5.56 Å². The molecule has 0 unspecified atom stereocenters. The maximum absolute atomic E-state index is 12.2. The van der Waals surface area contributed by atoms with E-state index in [4.69, 9.17) is 0 Å². The van der Waals surface area contributed by atoms with Gasteiger partial charge in [-0.2, -0.15) is 0 Å². The van der Waals surface area contributed by atoms with Gasteiger partial charge in [-0.25, -0.2) is 0 Å². The Morgan fingerprint density at radius 2 is 1.57 bits per heavy atom. The maximum atomic E-state index is 12.2. The summed E-state index contributed by atoms with van der Waals surface area (Å²) in [5.74, 6) is -0.588. The zero-order valence-electron chi connectivity index (χ0n) is 12.6. The Kier molecular flexibility index (Phi) is 4.70. The highest BCUT2D eigenvalue weighted by atomic mass is 16.6. The fourth-order valence-electron chi connectivity index (χ4n) is 2.03. The first-order valence-electron chi connectivity index (χ1n) is 6.81. The Bertz CT molecular complexity index is 769. The Morgan fingerprint density at radius 1 is 1.00 bits per heavy atom. The lowest BCUT2D eigenvalue weighted by atomic mass is 10.1. The third-order valence-electron chi connectivity index (χ3n) is 3.23. The molecule has 2 rings (SSSR count). The van der Waals surface area contributed by atoms with Gasteiger partial charge in [-0.05, 0) is 36.8 Å². The van der Waals surface area contributed by atoms with Crippen LogP contribution in [0.4, 0.5) is 17.1 Å². The van der Waals surface area contributed by atoms with Crippen LogP contribution in [0.5, 0.6) is 0 Å². The average Bonchev–Trinajstić information content (AvgIpc) is 2.51. The number of non-ortho nitro benzene ring substituents is 1. The van der Waals surface area contributed by atoms with E-state index in [1.165, 1.54) is 31.2 Å². The Hall–Kier alpha value is -3.22. The van der Waals surface area contributed by atoms with Crippen molar-refractivity contribution >= 4 is 28.9 Å². The number of nitro benzene ring substituents is 1. The molecule has 0 aliphatic heterocycles. The molecule has 7 nitrogen and oxygen atoms in total. The molecule has 0 saturated heterocycles. The second kappa shape index (κ2) is 6.69. The first kappa shape index (κ1) is 16.2. The highest BCUT2D eigenvalue weighted by molar-refractivity contribution is 6.05. The summed E-state index contributed by atoms with van der Waals surface area (Å²) in [6.45, 7) is 3.18. The lowest BCUT2D eigenvalue weighted by molar-refractivity contribution is -0.384. The SMILES string of the molecule is CC(=O)Nc1cccc(NC(=O)c2ccc([N+](=O)[O-])cc2)c1C. The van der Waals surface area contributed by atoms with Gasteiger partial charge in [0.15, 0.2) is 0 Å². The van der Waals surface area contributed by atoms with Gasteiger partial charge >= 0.3 is 0 Å². The topological polar surface area (TPSA) is 101 Å². The van der Waals surface area contributed by atoms with Crippen molar-refractivity contribution in [3.8, 4) is 0 Å². The predicted molar refractivity (Wildman–Crippen MR) is 86.5 cm³/mol. The number of amides is 2. The van der Waals surface area contributed by atoms with Crippen LogP contribution in [0.15, 0.2) is 42.5 Å². The summed E-state index contributed by atoms with van der Waals surface area (Å²) in [4.78, 5) is 33.5. The van der Waals surface area contributed by atoms with E-state index in [1.54, 1.807) is 25.1 Å². The molecule has 23 heavy (non-hydrogen) atoms. The molecule has 0 saturated carbocycles. The number of carbonyl (C=O) groups excluding carboxylic acids is 2. The number of hydrogen-bond donors (Lipinski definition) is 2. The van der Waals surface area contributed by atoms with Crippen LogP contribution in [-0.4, -0.2) is 16.7 Å². The van der Waals surface area contributed by atoms with Gasteiger partial charge in [0.05, 0.1) is 4.92 Å². The van der Waals surface area contributed by atoms with E-state index in [1.807, 2.05) is 0 Å². The summed E-state index contributed by atoms with van der Waals surface area (Å²) >= 11 is 0. The standard InChI is InChI=1S/C16H15N3O4/c1-10-14(17-11(2)20)4-3-5-15(10)18-16(21)12-6-8-13(9-7-12)19(22)23/h3-9H,1-2H3,(H,17,20)(H,18,21). The van der Waals surface area contributed by atoms with Crippen LogP contribution in [0.3, 0.4) is 0 Å². The van der Waals surface area contributed by atoms with E-state index in [9.17, 15) is 19.7 Å².